The van der Waals surface area contributed by atoms with Crippen LogP contribution in [0.2, 0.25) is 5.02 Å². The number of phenolic OH excluding ortho intramolecular Hbond substituents is 1. The molecular formula is C10H12ClNO3. The van der Waals surface area contributed by atoms with E-state index >= 15 is 0 Å². The monoisotopic (exact) mass is 229 g/mol. The molecule has 0 heterocycles. The molecule has 1 aromatic rings. The van der Waals surface area contributed by atoms with Crippen molar-refractivity contribution in [2.75, 3.05) is 6.54 Å². The van der Waals surface area contributed by atoms with E-state index in [-0.39, 0.29) is 23.2 Å². The van der Waals surface area contributed by atoms with E-state index in [1.165, 1.54) is 18.2 Å². The minimum absolute atomic E-state index is 0.0660. The van der Waals surface area contributed by atoms with Crippen LogP contribution < -0.4 is 5.32 Å². The molecule has 0 saturated carbocycles. The number of halogens is 1. The Morgan fingerprint density at radius 1 is 1.60 bits per heavy atom. The molecule has 0 radical (unpaired) electrons. The van der Waals surface area contributed by atoms with Crippen LogP contribution in [0.15, 0.2) is 18.2 Å². The molecule has 82 valence electrons. The number of benzene rings is 1. The van der Waals surface area contributed by atoms with Crippen LogP contribution in [0.1, 0.15) is 17.3 Å². The van der Waals surface area contributed by atoms with Gasteiger partial charge in [0.25, 0.3) is 5.91 Å². The van der Waals surface area contributed by atoms with Gasteiger partial charge >= 0.3 is 0 Å². The average Bonchev–Trinajstić information content (AvgIpc) is 2.18. The Hall–Kier alpha value is -1.26. The molecule has 4 nitrogen and oxygen atoms in total. The van der Waals surface area contributed by atoms with Crippen molar-refractivity contribution < 1.29 is 15.0 Å². The van der Waals surface area contributed by atoms with Gasteiger partial charge in [0.1, 0.15) is 5.75 Å². The van der Waals surface area contributed by atoms with Gasteiger partial charge in [0, 0.05) is 12.1 Å². The minimum atomic E-state index is -0.596. The van der Waals surface area contributed by atoms with Gasteiger partial charge in [-0.15, -0.1) is 0 Å². The summed E-state index contributed by atoms with van der Waals surface area (Å²) in [6.45, 7) is 1.75. The fourth-order valence-corrected chi connectivity index (χ4v) is 1.17. The van der Waals surface area contributed by atoms with Crippen molar-refractivity contribution in [2.45, 2.75) is 13.0 Å². The molecule has 5 heteroatoms. The van der Waals surface area contributed by atoms with Gasteiger partial charge in [-0.05, 0) is 25.1 Å². The van der Waals surface area contributed by atoms with Gasteiger partial charge in [0.15, 0.2) is 0 Å². The van der Waals surface area contributed by atoms with Crippen LogP contribution in [-0.2, 0) is 0 Å². The Morgan fingerprint density at radius 3 is 2.80 bits per heavy atom. The first kappa shape index (κ1) is 11.8. The summed E-state index contributed by atoms with van der Waals surface area (Å²) in [5.74, 6) is -0.401. The first-order valence-electron chi connectivity index (χ1n) is 4.45. The standard InChI is InChI=1S/C10H12ClNO3/c1-6(13)5-12-10(15)7-2-3-9(14)8(11)4-7/h2-4,6,13-14H,5H2,1H3,(H,12,15)/t6-/m0/s1. The summed E-state index contributed by atoms with van der Waals surface area (Å²) in [6, 6.07) is 4.17. The second-order valence-corrected chi connectivity index (χ2v) is 3.63. The van der Waals surface area contributed by atoms with E-state index in [1.807, 2.05) is 0 Å². The number of aromatic hydroxyl groups is 1. The highest BCUT2D eigenvalue weighted by molar-refractivity contribution is 6.32. The van der Waals surface area contributed by atoms with E-state index in [0.717, 1.165) is 0 Å². The Labute approximate surface area is 92.5 Å². The highest BCUT2D eigenvalue weighted by Gasteiger charge is 2.08. The van der Waals surface area contributed by atoms with Gasteiger partial charge in [-0.3, -0.25) is 4.79 Å². The van der Waals surface area contributed by atoms with Crippen molar-refractivity contribution in [3.8, 4) is 5.75 Å². The van der Waals surface area contributed by atoms with Gasteiger partial charge in [-0.1, -0.05) is 11.6 Å². The number of hydrogen-bond acceptors (Lipinski definition) is 3. The lowest BCUT2D eigenvalue weighted by Gasteiger charge is -2.07. The van der Waals surface area contributed by atoms with Crippen LogP contribution in [0, 0.1) is 0 Å². The molecule has 0 aromatic heterocycles. The zero-order valence-electron chi connectivity index (χ0n) is 8.20. The lowest BCUT2D eigenvalue weighted by molar-refractivity contribution is 0.0924. The van der Waals surface area contributed by atoms with Crippen molar-refractivity contribution in [2.24, 2.45) is 0 Å². The van der Waals surface area contributed by atoms with E-state index in [1.54, 1.807) is 6.92 Å². The normalized spacial score (nSPS) is 12.2. The molecule has 0 fully saturated rings. The van der Waals surface area contributed by atoms with Gasteiger partial charge in [0.05, 0.1) is 11.1 Å². The molecular weight excluding hydrogens is 218 g/mol. The molecule has 15 heavy (non-hydrogen) atoms. The van der Waals surface area contributed by atoms with Crippen LogP contribution >= 0.6 is 11.6 Å². The molecule has 0 unspecified atom stereocenters. The molecule has 0 spiro atoms. The third-order valence-electron chi connectivity index (χ3n) is 1.77. The molecule has 0 aliphatic rings. The van der Waals surface area contributed by atoms with Crippen LogP contribution in [0.3, 0.4) is 0 Å². The smallest absolute Gasteiger partial charge is 0.251 e. The van der Waals surface area contributed by atoms with E-state index in [2.05, 4.69) is 5.32 Å². The molecule has 0 bridgehead atoms. The first-order valence-corrected chi connectivity index (χ1v) is 4.83. The minimum Gasteiger partial charge on any atom is -0.506 e. The van der Waals surface area contributed by atoms with E-state index in [4.69, 9.17) is 21.8 Å². The number of rotatable bonds is 3. The van der Waals surface area contributed by atoms with E-state index in [0.29, 0.717) is 5.56 Å². The predicted molar refractivity (Wildman–Crippen MR) is 57.1 cm³/mol. The maximum atomic E-state index is 11.5. The second kappa shape index (κ2) is 5.00. The Kier molecular flexibility index (Phi) is 3.94. The number of aliphatic hydroxyl groups excluding tert-OH is 1. The number of carbonyl (C=O) groups is 1. The van der Waals surface area contributed by atoms with Crippen molar-refractivity contribution in [3.05, 3.63) is 28.8 Å². The molecule has 0 saturated heterocycles. The Morgan fingerprint density at radius 2 is 2.27 bits per heavy atom. The number of hydrogen-bond donors (Lipinski definition) is 3. The van der Waals surface area contributed by atoms with Gasteiger partial charge in [-0.25, -0.2) is 0 Å². The first-order chi connectivity index (χ1) is 7.00. The summed E-state index contributed by atoms with van der Waals surface area (Å²) in [6.07, 6.45) is -0.596. The summed E-state index contributed by atoms with van der Waals surface area (Å²) < 4.78 is 0. The van der Waals surface area contributed by atoms with E-state index < -0.39 is 6.10 Å². The zero-order valence-corrected chi connectivity index (χ0v) is 8.95. The molecule has 1 amide bonds. The Bertz CT molecular complexity index is 366. The number of amides is 1. The van der Waals surface area contributed by atoms with Crippen LogP contribution in [0.5, 0.6) is 5.75 Å². The van der Waals surface area contributed by atoms with Crippen molar-refractivity contribution in [3.63, 3.8) is 0 Å². The van der Waals surface area contributed by atoms with Crippen molar-refractivity contribution >= 4 is 17.5 Å². The second-order valence-electron chi connectivity index (χ2n) is 3.23. The molecule has 0 aliphatic carbocycles. The maximum absolute atomic E-state index is 11.5. The van der Waals surface area contributed by atoms with Gasteiger partial charge in [-0.2, -0.15) is 0 Å². The highest BCUT2D eigenvalue weighted by Crippen LogP contribution is 2.23. The number of aliphatic hydroxyl groups is 1. The largest absolute Gasteiger partial charge is 0.506 e. The topological polar surface area (TPSA) is 69.6 Å². The lowest BCUT2D eigenvalue weighted by Crippen LogP contribution is -2.30. The quantitative estimate of drug-likeness (QED) is 0.729. The Balaban J connectivity index is 2.70. The molecule has 1 aromatic carbocycles. The number of phenols is 1. The third kappa shape index (κ3) is 3.42. The summed E-state index contributed by atoms with van der Waals surface area (Å²) in [4.78, 5) is 11.5. The van der Waals surface area contributed by atoms with Gasteiger partial charge < -0.3 is 15.5 Å². The van der Waals surface area contributed by atoms with Gasteiger partial charge in [0.2, 0.25) is 0 Å². The van der Waals surface area contributed by atoms with Crippen LogP contribution in [0.4, 0.5) is 0 Å². The SMILES string of the molecule is C[C@H](O)CNC(=O)c1ccc(O)c(Cl)c1. The van der Waals surface area contributed by atoms with Crippen molar-refractivity contribution in [1.82, 2.24) is 5.32 Å². The number of carbonyl (C=O) groups excluding carboxylic acids is 1. The summed E-state index contributed by atoms with van der Waals surface area (Å²) >= 11 is 5.64. The fourth-order valence-electron chi connectivity index (χ4n) is 0.991. The van der Waals surface area contributed by atoms with E-state index in [9.17, 15) is 4.79 Å². The molecule has 1 rings (SSSR count). The van der Waals surface area contributed by atoms with Crippen LogP contribution in [-0.4, -0.2) is 28.8 Å². The average molecular weight is 230 g/mol. The molecule has 1 atom stereocenters. The van der Waals surface area contributed by atoms with Crippen molar-refractivity contribution in [1.29, 1.82) is 0 Å². The summed E-state index contributed by atoms with van der Waals surface area (Å²) in [5.41, 5.74) is 0.346. The molecule has 3 N–H and O–H groups in total. The number of nitrogens with one attached hydrogen (secondary N) is 1. The maximum Gasteiger partial charge on any atom is 0.251 e. The highest BCUT2D eigenvalue weighted by atomic mass is 35.5. The summed E-state index contributed by atoms with van der Waals surface area (Å²) in [5, 5.41) is 20.7. The third-order valence-corrected chi connectivity index (χ3v) is 2.07. The lowest BCUT2D eigenvalue weighted by atomic mass is 10.2. The molecule has 0 aliphatic heterocycles. The zero-order chi connectivity index (χ0) is 11.4. The van der Waals surface area contributed by atoms with Crippen LogP contribution in [0.25, 0.3) is 0 Å². The summed E-state index contributed by atoms with van der Waals surface area (Å²) in [7, 11) is 0. The predicted octanol–water partition coefficient (Wildman–Crippen LogP) is 1.16. The fraction of sp³-hybridized carbons (Fsp3) is 0.300.